The SMILES string of the molecule is CCC(CC)N(CCBr)C(=O)c1ccc(O)cc1C. The van der Waals surface area contributed by atoms with Crippen LogP contribution in [0.2, 0.25) is 0 Å². The molecule has 0 aliphatic rings. The Morgan fingerprint density at radius 1 is 1.37 bits per heavy atom. The molecule has 0 spiro atoms. The van der Waals surface area contributed by atoms with Crippen molar-refractivity contribution in [2.75, 3.05) is 11.9 Å². The normalized spacial score (nSPS) is 10.8. The van der Waals surface area contributed by atoms with E-state index in [0.29, 0.717) is 12.1 Å². The number of hydrogen-bond acceptors (Lipinski definition) is 2. The summed E-state index contributed by atoms with van der Waals surface area (Å²) >= 11 is 3.41. The smallest absolute Gasteiger partial charge is 0.254 e. The molecule has 0 bridgehead atoms. The van der Waals surface area contributed by atoms with Crippen LogP contribution in [0.15, 0.2) is 18.2 Å². The molecule has 0 fully saturated rings. The Labute approximate surface area is 123 Å². The summed E-state index contributed by atoms with van der Waals surface area (Å²) in [5, 5.41) is 10.2. The number of carbonyl (C=O) groups is 1. The van der Waals surface area contributed by atoms with Gasteiger partial charge >= 0.3 is 0 Å². The average Bonchev–Trinajstić information content (AvgIpc) is 2.38. The van der Waals surface area contributed by atoms with E-state index in [1.165, 1.54) is 0 Å². The summed E-state index contributed by atoms with van der Waals surface area (Å²) in [6, 6.07) is 5.17. The quantitative estimate of drug-likeness (QED) is 0.809. The molecular weight excluding hydrogens is 306 g/mol. The van der Waals surface area contributed by atoms with Crippen LogP contribution in [0.1, 0.15) is 42.6 Å². The van der Waals surface area contributed by atoms with Crippen LogP contribution >= 0.6 is 15.9 Å². The van der Waals surface area contributed by atoms with Crippen LogP contribution < -0.4 is 0 Å². The van der Waals surface area contributed by atoms with Gasteiger partial charge in [-0.25, -0.2) is 0 Å². The zero-order chi connectivity index (χ0) is 14.4. The highest BCUT2D eigenvalue weighted by Gasteiger charge is 2.22. The second-order valence-corrected chi connectivity index (χ2v) is 5.45. The van der Waals surface area contributed by atoms with Gasteiger partial charge in [-0.1, -0.05) is 29.8 Å². The van der Waals surface area contributed by atoms with Crippen LogP contribution in [0.3, 0.4) is 0 Å². The average molecular weight is 328 g/mol. The second-order valence-electron chi connectivity index (χ2n) is 4.66. The van der Waals surface area contributed by atoms with Crippen molar-refractivity contribution in [2.45, 2.75) is 39.7 Å². The van der Waals surface area contributed by atoms with Gasteiger partial charge in [0, 0.05) is 23.5 Å². The molecule has 1 N–H and O–H groups in total. The minimum absolute atomic E-state index is 0.0469. The molecule has 0 unspecified atom stereocenters. The van der Waals surface area contributed by atoms with E-state index in [9.17, 15) is 9.90 Å². The number of phenols is 1. The molecule has 19 heavy (non-hydrogen) atoms. The largest absolute Gasteiger partial charge is 0.508 e. The summed E-state index contributed by atoms with van der Waals surface area (Å²) in [4.78, 5) is 14.6. The highest BCUT2D eigenvalue weighted by atomic mass is 79.9. The van der Waals surface area contributed by atoms with Gasteiger partial charge in [0.05, 0.1) is 0 Å². The summed E-state index contributed by atoms with van der Waals surface area (Å²) in [5.41, 5.74) is 1.49. The lowest BCUT2D eigenvalue weighted by Crippen LogP contribution is -2.41. The highest BCUT2D eigenvalue weighted by molar-refractivity contribution is 9.09. The molecule has 0 aromatic heterocycles. The Hall–Kier alpha value is -1.03. The van der Waals surface area contributed by atoms with E-state index in [0.717, 1.165) is 23.7 Å². The molecule has 106 valence electrons. The van der Waals surface area contributed by atoms with Crippen LogP contribution in [0.25, 0.3) is 0 Å². The molecule has 0 radical (unpaired) electrons. The molecule has 1 aromatic rings. The maximum Gasteiger partial charge on any atom is 0.254 e. The van der Waals surface area contributed by atoms with Crippen molar-refractivity contribution >= 4 is 21.8 Å². The molecule has 1 rings (SSSR count). The van der Waals surface area contributed by atoms with Crippen LogP contribution in [0, 0.1) is 6.92 Å². The lowest BCUT2D eigenvalue weighted by Gasteiger charge is -2.30. The first-order chi connectivity index (χ1) is 9.04. The molecule has 4 heteroatoms. The summed E-state index contributed by atoms with van der Waals surface area (Å²) < 4.78 is 0. The fourth-order valence-corrected chi connectivity index (χ4v) is 2.70. The molecular formula is C15H22BrNO2. The lowest BCUT2D eigenvalue weighted by atomic mass is 10.0. The lowest BCUT2D eigenvalue weighted by molar-refractivity contribution is 0.0682. The first kappa shape index (κ1) is 16.0. The summed E-state index contributed by atoms with van der Waals surface area (Å²) in [6.45, 7) is 6.76. The van der Waals surface area contributed by atoms with Crippen LogP contribution in [-0.4, -0.2) is 33.8 Å². The Morgan fingerprint density at radius 2 is 2.00 bits per heavy atom. The predicted molar refractivity (Wildman–Crippen MR) is 82.0 cm³/mol. The summed E-state index contributed by atoms with van der Waals surface area (Å²) in [7, 11) is 0. The first-order valence-corrected chi connectivity index (χ1v) is 7.83. The van der Waals surface area contributed by atoms with Crippen molar-refractivity contribution in [1.29, 1.82) is 0 Å². The molecule has 0 saturated heterocycles. The van der Waals surface area contributed by atoms with Crippen LogP contribution in [0.5, 0.6) is 5.75 Å². The van der Waals surface area contributed by atoms with Crippen LogP contribution in [0.4, 0.5) is 0 Å². The number of halogens is 1. The Kier molecular flexibility index (Phi) is 6.35. The predicted octanol–water partition coefficient (Wildman–Crippen LogP) is 3.73. The van der Waals surface area contributed by atoms with Crippen molar-refractivity contribution in [2.24, 2.45) is 0 Å². The Balaban J connectivity index is 3.04. The number of nitrogens with zero attached hydrogens (tertiary/aromatic N) is 1. The monoisotopic (exact) mass is 327 g/mol. The maximum absolute atomic E-state index is 12.6. The molecule has 0 aliphatic carbocycles. The number of amides is 1. The number of rotatable bonds is 6. The van der Waals surface area contributed by atoms with Gasteiger partial charge in [-0.15, -0.1) is 0 Å². The number of aryl methyl sites for hydroxylation is 1. The van der Waals surface area contributed by atoms with E-state index in [4.69, 9.17) is 0 Å². The van der Waals surface area contributed by atoms with E-state index < -0.39 is 0 Å². The van der Waals surface area contributed by atoms with Gasteiger partial charge in [0.1, 0.15) is 5.75 Å². The molecule has 0 atom stereocenters. The van der Waals surface area contributed by atoms with E-state index in [-0.39, 0.29) is 17.7 Å². The van der Waals surface area contributed by atoms with Gasteiger partial charge in [-0.05, 0) is 43.5 Å². The van der Waals surface area contributed by atoms with E-state index >= 15 is 0 Å². The third-order valence-corrected chi connectivity index (χ3v) is 3.76. The molecule has 3 nitrogen and oxygen atoms in total. The van der Waals surface area contributed by atoms with E-state index in [2.05, 4.69) is 29.8 Å². The van der Waals surface area contributed by atoms with Crippen molar-refractivity contribution < 1.29 is 9.90 Å². The molecule has 1 aromatic carbocycles. The number of carbonyl (C=O) groups excluding carboxylic acids is 1. The van der Waals surface area contributed by atoms with Crippen molar-refractivity contribution in [1.82, 2.24) is 4.90 Å². The number of phenolic OH excluding ortho intramolecular Hbond substituents is 1. The fraction of sp³-hybridized carbons (Fsp3) is 0.533. The number of aromatic hydroxyl groups is 1. The third kappa shape index (κ3) is 3.96. The minimum Gasteiger partial charge on any atom is -0.508 e. The third-order valence-electron chi connectivity index (χ3n) is 3.41. The Morgan fingerprint density at radius 3 is 2.47 bits per heavy atom. The summed E-state index contributed by atoms with van der Waals surface area (Å²) in [6.07, 6.45) is 1.90. The molecule has 0 heterocycles. The van der Waals surface area contributed by atoms with E-state index in [1.807, 2.05) is 11.8 Å². The van der Waals surface area contributed by atoms with Gasteiger partial charge < -0.3 is 10.0 Å². The topological polar surface area (TPSA) is 40.5 Å². The minimum atomic E-state index is 0.0469. The summed E-state index contributed by atoms with van der Waals surface area (Å²) in [5.74, 6) is 0.245. The molecule has 0 aliphatic heterocycles. The van der Waals surface area contributed by atoms with E-state index in [1.54, 1.807) is 18.2 Å². The van der Waals surface area contributed by atoms with Gasteiger partial charge in [-0.2, -0.15) is 0 Å². The first-order valence-electron chi connectivity index (χ1n) is 6.71. The Bertz CT molecular complexity index is 430. The standard InChI is InChI=1S/C15H22BrNO2/c1-4-12(5-2)17(9-8-16)15(19)14-7-6-13(18)10-11(14)3/h6-7,10,12,18H,4-5,8-9H2,1-3H3. The fourth-order valence-electron chi connectivity index (χ4n) is 2.31. The molecule has 1 amide bonds. The number of hydrogen-bond donors (Lipinski definition) is 1. The van der Waals surface area contributed by atoms with Gasteiger partial charge in [-0.3, -0.25) is 4.79 Å². The second kappa shape index (κ2) is 7.53. The van der Waals surface area contributed by atoms with Gasteiger partial charge in [0.2, 0.25) is 0 Å². The molecule has 0 saturated carbocycles. The zero-order valence-electron chi connectivity index (χ0n) is 11.8. The van der Waals surface area contributed by atoms with Gasteiger partial charge in [0.25, 0.3) is 5.91 Å². The van der Waals surface area contributed by atoms with Crippen LogP contribution in [-0.2, 0) is 0 Å². The highest BCUT2D eigenvalue weighted by Crippen LogP contribution is 2.20. The van der Waals surface area contributed by atoms with Crippen molar-refractivity contribution in [3.63, 3.8) is 0 Å². The van der Waals surface area contributed by atoms with Crippen molar-refractivity contribution in [3.8, 4) is 5.75 Å². The maximum atomic E-state index is 12.6. The van der Waals surface area contributed by atoms with Gasteiger partial charge in [0.15, 0.2) is 0 Å². The van der Waals surface area contributed by atoms with Crippen molar-refractivity contribution in [3.05, 3.63) is 29.3 Å². The number of alkyl halides is 1. The zero-order valence-corrected chi connectivity index (χ0v) is 13.4. The number of benzene rings is 1.